The first-order valence-corrected chi connectivity index (χ1v) is 13.4. The van der Waals surface area contributed by atoms with Crippen LogP contribution in [0.4, 0.5) is 0 Å². The number of aromatic hydroxyl groups is 1. The molecule has 0 atom stereocenters. The number of nitrogens with zero attached hydrogens (tertiary/aromatic N) is 1. The van der Waals surface area contributed by atoms with Crippen molar-refractivity contribution in [3.05, 3.63) is 31.5 Å². The minimum Gasteiger partial charge on any atom is -0.506 e. The second-order valence-corrected chi connectivity index (χ2v) is 11.0. The molecule has 0 radical (unpaired) electrons. The van der Waals surface area contributed by atoms with Crippen LogP contribution in [-0.4, -0.2) is 50.3 Å². The SMILES string of the molecule is O=C(O)CCCCCNC(=O)CCCCCN1C(=O)/C(=C/c2cc(Br)cc(Br)c2O)SC1=S. The first-order valence-electron chi connectivity index (χ1n) is 10.6. The van der Waals surface area contributed by atoms with E-state index in [1.165, 1.54) is 11.8 Å². The fraction of sp³-hybridized carbons (Fsp3) is 0.455. The lowest BCUT2D eigenvalue weighted by molar-refractivity contribution is -0.137. The second kappa shape index (κ2) is 14.1. The van der Waals surface area contributed by atoms with Crippen molar-refractivity contribution in [2.75, 3.05) is 13.1 Å². The van der Waals surface area contributed by atoms with E-state index in [4.69, 9.17) is 17.3 Å². The van der Waals surface area contributed by atoms with Crippen LogP contribution in [0.1, 0.15) is 56.9 Å². The van der Waals surface area contributed by atoms with E-state index in [2.05, 4.69) is 37.2 Å². The summed E-state index contributed by atoms with van der Waals surface area (Å²) in [7, 11) is 0. The Morgan fingerprint density at radius 1 is 1.09 bits per heavy atom. The molecule has 2 amide bonds. The minimum absolute atomic E-state index is 0.0123. The maximum Gasteiger partial charge on any atom is 0.303 e. The number of nitrogens with one attached hydrogen (secondary N) is 1. The number of carboxylic acids is 1. The molecule has 1 aromatic carbocycles. The molecule has 0 bridgehead atoms. The quantitative estimate of drug-likeness (QED) is 0.153. The number of phenols is 1. The van der Waals surface area contributed by atoms with Crippen molar-refractivity contribution >= 4 is 84.0 Å². The molecule has 11 heteroatoms. The van der Waals surface area contributed by atoms with Gasteiger partial charge in [-0.05, 0) is 59.8 Å². The lowest BCUT2D eigenvalue weighted by Gasteiger charge is -2.14. The van der Waals surface area contributed by atoms with Crippen LogP contribution >= 0.6 is 55.8 Å². The Morgan fingerprint density at radius 3 is 2.52 bits per heavy atom. The molecule has 3 N–H and O–H groups in total. The molecule has 0 aliphatic carbocycles. The first kappa shape index (κ1) is 27.8. The molecule has 0 saturated carbocycles. The lowest BCUT2D eigenvalue weighted by Crippen LogP contribution is -2.29. The Hall–Kier alpha value is -1.43. The van der Waals surface area contributed by atoms with Gasteiger partial charge < -0.3 is 15.5 Å². The number of rotatable bonds is 13. The minimum atomic E-state index is -0.793. The summed E-state index contributed by atoms with van der Waals surface area (Å²) in [5.74, 6) is -0.928. The monoisotopic (exact) mass is 620 g/mol. The van der Waals surface area contributed by atoms with Crippen LogP contribution in [0, 0.1) is 0 Å². The third kappa shape index (κ3) is 9.38. The Kier molecular flexibility index (Phi) is 11.9. The average molecular weight is 622 g/mol. The van der Waals surface area contributed by atoms with Crippen LogP contribution in [0.3, 0.4) is 0 Å². The zero-order valence-electron chi connectivity index (χ0n) is 17.9. The van der Waals surface area contributed by atoms with Crippen molar-refractivity contribution in [2.24, 2.45) is 0 Å². The maximum atomic E-state index is 12.8. The van der Waals surface area contributed by atoms with E-state index in [0.717, 1.165) is 36.6 Å². The summed E-state index contributed by atoms with van der Waals surface area (Å²) in [5, 5.41) is 21.7. The molecule has 1 aromatic rings. The van der Waals surface area contributed by atoms with E-state index in [9.17, 15) is 19.5 Å². The average Bonchev–Trinajstić information content (AvgIpc) is 3.00. The van der Waals surface area contributed by atoms with Crippen LogP contribution in [0.25, 0.3) is 6.08 Å². The number of thioether (sulfide) groups is 1. The van der Waals surface area contributed by atoms with Gasteiger partial charge in [0.15, 0.2) is 0 Å². The standard InChI is InChI=1S/C22H26Br2N2O5S2/c23-15-11-14(20(30)16(24)13-15)12-17-21(31)26(22(32)33-17)10-6-2-3-7-18(27)25-9-5-1-4-8-19(28)29/h11-13,30H,1-10H2,(H,25,27)(H,28,29)/b17-12-. The number of halogens is 2. The number of phenolic OH excluding ortho intramolecular Hbond substituents is 1. The van der Waals surface area contributed by atoms with E-state index in [0.29, 0.717) is 45.2 Å². The van der Waals surface area contributed by atoms with E-state index in [-0.39, 0.29) is 24.0 Å². The molecule has 2 rings (SSSR count). The largest absolute Gasteiger partial charge is 0.506 e. The van der Waals surface area contributed by atoms with Crippen molar-refractivity contribution in [1.82, 2.24) is 10.2 Å². The van der Waals surface area contributed by atoms with E-state index < -0.39 is 5.97 Å². The topological polar surface area (TPSA) is 107 Å². The zero-order valence-corrected chi connectivity index (χ0v) is 22.7. The Bertz CT molecular complexity index is 940. The van der Waals surface area contributed by atoms with E-state index in [1.54, 1.807) is 23.1 Å². The van der Waals surface area contributed by atoms with Gasteiger partial charge in [0.2, 0.25) is 5.91 Å². The van der Waals surface area contributed by atoms with Gasteiger partial charge in [-0.3, -0.25) is 19.3 Å². The number of aliphatic carboxylic acids is 1. The molecule has 0 spiro atoms. The van der Waals surface area contributed by atoms with Gasteiger partial charge in [-0.2, -0.15) is 0 Å². The summed E-state index contributed by atoms with van der Waals surface area (Å²) in [6.07, 6.45) is 6.64. The van der Waals surface area contributed by atoms with Crippen LogP contribution in [0.5, 0.6) is 5.75 Å². The summed E-state index contributed by atoms with van der Waals surface area (Å²) >= 11 is 13.2. The van der Waals surface area contributed by atoms with Crippen LogP contribution in [-0.2, 0) is 14.4 Å². The van der Waals surface area contributed by atoms with Gasteiger partial charge in [0.1, 0.15) is 10.1 Å². The highest BCUT2D eigenvalue weighted by Crippen LogP contribution is 2.37. The fourth-order valence-corrected chi connectivity index (χ4v) is 5.71. The Labute approximate surface area is 219 Å². The number of unbranched alkanes of at least 4 members (excludes halogenated alkanes) is 4. The summed E-state index contributed by atoms with van der Waals surface area (Å²) in [4.78, 5) is 37.1. The second-order valence-electron chi connectivity index (χ2n) is 7.52. The van der Waals surface area contributed by atoms with Gasteiger partial charge in [-0.15, -0.1) is 0 Å². The summed E-state index contributed by atoms with van der Waals surface area (Å²) in [5.41, 5.74) is 0.518. The van der Waals surface area contributed by atoms with Crippen molar-refractivity contribution in [2.45, 2.75) is 51.4 Å². The smallest absolute Gasteiger partial charge is 0.303 e. The van der Waals surface area contributed by atoms with Gasteiger partial charge >= 0.3 is 5.97 Å². The molecule has 1 aliphatic heterocycles. The van der Waals surface area contributed by atoms with E-state index in [1.807, 2.05) is 0 Å². The fourth-order valence-electron chi connectivity index (χ4n) is 3.16. The van der Waals surface area contributed by atoms with E-state index >= 15 is 0 Å². The molecule has 1 saturated heterocycles. The third-order valence-electron chi connectivity index (χ3n) is 4.89. The highest BCUT2D eigenvalue weighted by Gasteiger charge is 2.31. The van der Waals surface area contributed by atoms with Crippen LogP contribution in [0.2, 0.25) is 0 Å². The lowest BCUT2D eigenvalue weighted by atomic mass is 10.1. The van der Waals surface area contributed by atoms with Crippen LogP contribution in [0.15, 0.2) is 26.0 Å². The first-order chi connectivity index (χ1) is 15.7. The van der Waals surface area contributed by atoms with Crippen molar-refractivity contribution in [3.8, 4) is 5.75 Å². The molecule has 1 aliphatic rings. The molecule has 0 unspecified atom stereocenters. The number of hydrogen-bond acceptors (Lipinski definition) is 6. The Morgan fingerprint density at radius 2 is 1.79 bits per heavy atom. The van der Waals surface area contributed by atoms with Gasteiger partial charge in [-0.25, -0.2) is 0 Å². The molecule has 180 valence electrons. The van der Waals surface area contributed by atoms with Crippen LogP contribution < -0.4 is 5.32 Å². The number of carboxylic acid groups (broad SMARTS) is 1. The summed E-state index contributed by atoms with van der Waals surface area (Å²) in [6, 6.07) is 3.45. The molecule has 1 fully saturated rings. The number of carbonyl (C=O) groups excluding carboxylic acids is 2. The highest BCUT2D eigenvalue weighted by molar-refractivity contribution is 9.11. The number of amides is 2. The molecular formula is C22H26Br2N2O5S2. The molecule has 0 aromatic heterocycles. The Balaban J connectivity index is 1.69. The van der Waals surface area contributed by atoms with Crippen molar-refractivity contribution in [3.63, 3.8) is 0 Å². The summed E-state index contributed by atoms with van der Waals surface area (Å²) < 4.78 is 1.79. The third-order valence-corrected chi connectivity index (χ3v) is 7.33. The molecule has 1 heterocycles. The number of thiocarbonyl (C=S) groups is 1. The van der Waals surface area contributed by atoms with Gasteiger partial charge in [0.25, 0.3) is 5.91 Å². The predicted molar refractivity (Wildman–Crippen MR) is 141 cm³/mol. The summed E-state index contributed by atoms with van der Waals surface area (Å²) in [6.45, 7) is 1.05. The van der Waals surface area contributed by atoms with Gasteiger partial charge in [0.05, 0.1) is 9.38 Å². The number of benzene rings is 1. The number of carbonyl (C=O) groups is 3. The van der Waals surface area contributed by atoms with Crippen molar-refractivity contribution in [1.29, 1.82) is 0 Å². The number of hydrogen-bond donors (Lipinski definition) is 3. The predicted octanol–water partition coefficient (Wildman–Crippen LogP) is 5.44. The van der Waals surface area contributed by atoms with Gasteiger partial charge in [0, 0.05) is 36.0 Å². The molecule has 7 nitrogen and oxygen atoms in total. The maximum absolute atomic E-state index is 12.8. The molecular weight excluding hydrogens is 596 g/mol. The highest BCUT2D eigenvalue weighted by atomic mass is 79.9. The normalized spacial score (nSPS) is 14.8. The van der Waals surface area contributed by atoms with Gasteiger partial charge in [-0.1, -0.05) is 52.8 Å². The molecule has 33 heavy (non-hydrogen) atoms. The zero-order chi connectivity index (χ0) is 24.4. The van der Waals surface area contributed by atoms with Crippen molar-refractivity contribution < 1.29 is 24.6 Å².